The van der Waals surface area contributed by atoms with E-state index in [1.165, 1.54) is 5.39 Å². The molecule has 136 valence electrons. The second-order valence-electron chi connectivity index (χ2n) is 6.30. The molecule has 0 atom stereocenters. The summed E-state index contributed by atoms with van der Waals surface area (Å²) in [5, 5.41) is 12.0. The molecule has 4 aromatic carbocycles. The minimum Gasteiger partial charge on any atom is -1.00 e. The zero-order chi connectivity index (χ0) is 18.1. The Morgan fingerprint density at radius 2 is 1.29 bits per heavy atom. The van der Waals surface area contributed by atoms with Crippen LogP contribution in [-0.4, -0.2) is 15.0 Å². The fourth-order valence-corrected chi connectivity index (χ4v) is 3.27. The SMILES string of the molecule is [Cl-].c1ccc(-n2nc(-c3cccc4ccccc34)n[n+]2-c2ccccc2)cc1. The first-order valence-corrected chi connectivity index (χ1v) is 8.89. The molecule has 0 fully saturated rings. The van der Waals surface area contributed by atoms with Crippen molar-refractivity contribution < 1.29 is 17.2 Å². The molecule has 0 saturated heterocycles. The van der Waals surface area contributed by atoms with Crippen molar-refractivity contribution in [3.05, 3.63) is 103 Å². The lowest BCUT2D eigenvalue weighted by atomic mass is 10.0. The van der Waals surface area contributed by atoms with E-state index in [4.69, 9.17) is 10.2 Å². The van der Waals surface area contributed by atoms with E-state index in [-0.39, 0.29) is 12.4 Å². The van der Waals surface area contributed by atoms with Crippen LogP contribution < -0.4 is 17.2 Å². The molecule has 1 aromatic heterocycles. The van der Waals surface area contributed by atoms with Gasteiger partial charge >= 0.3 is 5.82 Å². The van der Waals surface area contributed by atoms with Gasteiger partial charge in [-0.2, -0.15) is 0 Å². The molecule has 1 heterocycles. The van der Waals surface area contributed by atoms with Gasteiger partial charge in [-0.15, -0.1) is 0 Å². The van der Waals surface area contributed by atoms with Crippen LogP contribution in [0.15, 0.2) is 103 Å². The van der Waals surface area contributed by atoms with Crippen LogP contribution in [0.5, 0.6) is 0 Å². The van der Waals surface area contributed by atoms with E-state index in [1.54, 1.807) is 0 Å². The van der Waals surface area contributed by atoms with Gasteiger partial charge in [0, 0.05) is 4.80 Å². The third-order valence-electron chi connectivity index (χ3n) is 4.56. The van der Waals surface area contributed by atoms with E-state index < -0.39 is 0 Å². The molecule has 5 rings (SSSR count). The molecule has 0 aliphatic rings. The van der Waals surface area contributed by atoms with Crippen LogP contribution in [0.2, 0.25) is 0 Å². The van der Waals surface area contributed by atoms with Crippen LogP contribution in [0.4, 0.5) is 0 Å². The summed E-state index contributed by atoms with van der Waals surface area (Å²) >= 11 is 0. The summed E-state index contributed by atoms with van der Waals surface area (Å²) in [5.74, 6) is 0.694. The van der Waals surface area contributed by atoms with Crippen molar-refractivity contribution in [2.24, 2.45) is 0 Å². The maximum Gasteiger partial charge on any atom is 0.340 e. The summed E-state index contributed by atoms with van der Waals surface area (Å²) in [4.78, 5) is 3.68. The van der Waals surface area contributed by atoms with Crippen molar-refractivity contribution in [1.29, 1.82) is 0 Å². The number of fused-ring (bicyclic) bond motifs is 1. The van der Waals surface area contributed by atoms with E-state index >= 15 is 0 Å². The Balaban J connectivity index is 0.00000192. The van der Waals surface area contributed by atoms with Gasteiger partial charge in [0.25, 0.3) is 0 Å². The summed E-state index contributed by atoms with van der Waals surface area (Å²) in [6.07, 6.45) is 0. The maximum atomic E-state index is 4.85. The third kappa shape index (κ3) is 3.15. The van der Waals surface area contributed by atoms with Gasteiger partial charge in [-0.05, 0) is 51.0 Å². The lowest BCUT2D eigenvalue weighted by Gasteiger charge is -1.99. The highest BCUT2D eigenvalue weighted by Crippen LogP contribution is 2.25. The predicted molar refractivity (Wildman–Crippen MR) is 106 cm³/mol. The van der Waals surface area contributed by atoms with E-state index in [0.717, 1.165) is 22.3 Å². The number of nitrogens with zero attached hydrogens (tertiary/aromatic N) is 4. The standard InChI is InChI=1S/C23H17N4.ClH/c1-3-12-19(13-4-1)26-24-23(25-27(26)20-14-5-2-6-15-20)22-17-9-11-18-10-7-8-16-21(18)22;/h1-17H;1H/q+1;/p-1. The maximum absolute atomic E-state index is 4.85. The normalized spacial score (nSPS) is 10.6. The molecule has 0 aliphatic heterocycles. The minimum absolute atomic E-state index is 0. The number of benzene rings is 4. The van der Waals surface area contributed by atoms with Gasteiger partial charge in [-0.1, -0.05) is 72.8 Å². The van der Waals surface area contributed by atoms with Gasteiger partial charge in [0.1, 0.15) is 5.69 Å². The Kier molecular flexibility index (Phi) is 4.87. The Hall–Kier alpha value is -3.50. The number of aromatic nitrogens is 4. The van der Waals surface area contributed by atoms with Crippen molar-refractivity contribution in [2.45, 2.75) is 0 Å². The molecule has 0 saturated carbocycles. The highest BCUT2D eigenvalue weighted by atomic mass is 35.5. The van der Waals surface area contributed by atoms with Crippen molar-refractivity contribution in [3.63, 3.8) is 0 Å². The van der Waals surface area contributed by atoms with E-state index in [0.29, 0.717) is 5.82 Å². The molecule has 0 N–H and O–H groups in total. The molecule has 4 nitrogen and oxygen atoms in total. The van der Waals surface area contributed by atoms with Crippen LogP contribution in [0.25, 0.3) is 33.5 Å². The first-order chi connectivity index (χ1) is 13.4. The van der Waals surface area contributed by atoms with Crippen LogP contribution in [0.1, 0.15) is 0 Å². The van der Waals surface area contributed by atoms with Crippen LogP contribution >= 0.6 is 0 Å². The molecule has 5 heteroatoms. The van der Waals surface area contributed by atoms with Gasteiger partial charge < -0.3 is 12.4 Å². The number of halogens is 1. The number of para-hydroxylation sites is 2. The second kappa shape index (κ2) is 7.62. The molecule has 0 radical (unpaired) electrons. The number of tetrazole rings is 1. The van der Waals surface area contributed by atoms with Crippen LogP contribution in [-0.2, 0) is 0 Å². The van der Waals surface area contributed by atoms with Crippen LogP contribution in [0.3, 0.4) is 0 Å². The quantitative estimate of drug-likeness (QED) is 0.440. The smallest absolute Gasteiger partial charge is 0.340 e. The Morgan fingerprint density at radius 1 is 0.643 bits per heavy atom. The summed E-state index contributed by atoms with van der Waals surface area (Å²) < 4.78 is 0. The van der Waals surface area contributed by atoms with E-state index in [1.807, 2.05) is 88.5 Å². The van der Waals surface area contributed by atoms with Gasteiger partial charge in [-0.3, -0.25) is 0 Å². The summed E-state index contributed by atoms with van der Waals surface area (Å²) in [6, 6.07) is 34.7. The fraction of sp³-hybridized carbons (Fsp3) is 0. The number of hydrogen-bond acceptors (Lipinski definition) is 2. The lowest BCUT2D eigenvalue weighted by molar-refractivity contribution is -0.734. The molecule has 0 aliphatic carbocycles. The summed E-state index contributed by atoms with van der Waals surface area (Å²) in [5.41, 5.74) is 2.94. The zero-order valence-corrected chi connectivity index (χ0v) is 15.7. The van der Waals surface area contributed by atoms with Gasteiger partial charge in [0.2, 0.25) is 0 Å². The Bertz CT molecular complexity index is 1160. The van der Waals surface area contributed by atoms with Gasteiger partial charge in [0.15, 0.2) is 5.69 Å². The number of rotatable bonds is 3. The molecule has 0 amide bonds. The number of hydrogen-bond donors (Lipinski definition) is 0. The van der Waals surface area contributed by atoms with E-state index in [9.17, 15) is 0 Å². The first-order valence-electron chi connectivity index (χ1n) is 8.89. The Morgan fingerprint density at radius 3 is 2.07 bits per heavy atom. The molecule has 0 unspecified atom stereocenters. The third-order valence-corrected chi connectivity index (χ3v) is 4.56. The predicted octanol–water partition coefficient (Wildman–Crippen LogP) is 1.37. The Labute approximate surface area is 169 Å². The zero-order valence-electron chi connectivity index (χ0n) is 15.0. The molecule has 0 spiro atoms. The van der Waals surface area contributed by atoms with Crippen molar-refractivity contribution >= 4 is 10.8 Å². The fourth-order valence-electron chi connectivity index (χ4n) is 3.27. The van der Waals surface area contributed by atoms with Crippen molar-refractivity contribution in [1.82, 2.24) is 15.0 Å². The second-order valence-corrected chi connectivity index (χ2v) is 6.30. The molecular weight excluding hydrogens is 368 g/mol. The van der Waals surface area contributed by atoms with Gasteiger partial charge in [-0.25, -0.2) is 0 Å². The minimum atomic E-state index is 0. The average molecular weight is 385 g/mol. The molecular formula is C23H17ClN4. The summed E-state index contributed by atoms with van der Waals surface area (Å²) in [7, 11) is 0. The first kappa shape index (κ1) is 17.9. The molecule has 5 aromatic rings. The van der Waals surface area contributed by atoms with Crippen LogP contribution in [0, 0.1) is 0 Å². The highest BCUT2D eigenvalue weighted by molar-refractivity contribution is 5.94. The topological polar surface area (TPSA) is 34.6 Å². The molecule has 28 heavy (non-hydrogen) atoms. The van der Waals surface area contributed by atoms with Crippen molar-refractivity contribution in [2.75, 3.05) is 0 Å². The van der Waals surface area contributed by atoms with Crippen molar-refractivity contribution in [3.8, 4) is 22.8 Å². The van der Waals surface area contributed by atoms with Gasteiger partial charge in [0.05, 0.1) is 10.7 Å². The van der Waals surface area contributed by atoms with E-state index in [2.05, 4.69) is 24.3 Å². The largest absolute Gasteiger partial charge is 1.00 e. The monoisotopic (exact) mass is 384 g/mol. The average Bonchev–Trinajstić information content (AvgIpc) is 3.20. The summed E-state index contributed by atoms with van der Waals surface area (Å²) in [6.45, 7) is 0. The molecule has 0 bridgehead atoms. The lowest BCUT2D eigenvalue weighted by Crippen LogP contribution is -3.00. The highest BCUT2D eigenvalue weighted by Gasteiger charge is 2.24.